The molecule has 7 heteroatoms. The Morgan fingerprint density at radius 2 is 2.00 bits per heavy atom. The SMILES string of the molecule is CCCN(CC(=O)N(Cc1ccco1)Cc1cccn1C)C(=O)C(C)Cl. The van der Waals surface area contributed by atoms with E-state index in [9.17, 15) is 9.59 Å². The molecule has 0 N–H and O–H groups in total. The maximum atomic E-state index is 13.0. The van der Waals surface area contributed by atoms with Crippen molar-refractivity contribution in [2.75, 3.05) is 13.1 Å². The van der Waals surface area contributed by atoms with Gasteiger partial charge < -0.3 is 18.8 Å². The zero-order valence-corrected chi connectivity index (χ0v) is 16.3. The topological polar surface area (TPSA) is 58.7 Å². The molecule has 0 aromatic carbocycles. The highest BCUT2D eigenvalue weighted by atomic mass is 35.5. The van der Waals surface area contributed by atoms with Gasteiger partial charge in [0.15, 0.2) is 0 Å². The predicted molar refractivity (Wildman–Crippen MR) is 101 cm³/mol. The van der Waals surface area contributed by atoms with Crippen LogP contribution in [0.2, 0.25) is 0 Å². The van der Waals surface area contributed by atoms with Crippen LogP contribution in [0.25, 0.3) is 0 Å². The number of hydrogen-bond donors (Lipinski definition) is 0. The van der Waals surface area contributed by atoms with Gasteiger partial charge in [0, 0.05) is 25.5 Å². The molecule has 2 rings (SSSR count). The van der Waals surface area contributed by atoms with Crippen molar-refractivity contribution in [3.05, 3.63) is 48.2 Å². The third kappa shape index (κ3) is 5.39. The minimum Gasteiger partial charge on any atom is -0.467 e. The largest absolute Gasteiger partial charge is 0.467 e. The molecule has 2 amide bonds. The van der Waals surface area contributed by atoms with Crippen LogP contribution in [-0.4, -0.2) is 44.6 Å². The standard InChI is InChI=1S/C19H26ClN3O3/c1-4-9-22(19(25)15(2)20)14-18(24)23(13-17-8-6-11-26-17)12-16-7-5-10-21(16)3/h5-8,10-11,15H,4,9,12-14H2,1-3H3. The summed E-state index contributed by atoms with van der Waals surface area (Å²) in [6, 6.07) is 7.54. The molecule has 0 bridgehead atoms. The Morgan fingerprint density at radius 1 is 1.23 bits per heavy atom. The second kappa shape index (κ2) is 9.48. The van der Waals surface area contributed by atoms with Crippen molar-refractivity contribution in [3.63, 3.8) is 0 Å². The number of hydrogen-bond acceptors (Lipinski definition) is 3. The lowest BCUT2D eigenvalue weighted by molar-refractivity contribution is -0.141. The first-order valence-electron chi connectivity index (χ1n) is 8.75. The summed E-state index contributed by atoms with van der Waals surface area (Å²) in [5.74, 6) is 0.340. The summed E-state index contributed by atoms with van der Waals surface area (Å²) in [7, 11) is 1.94. The smallest absolute Gasteiger partial charge is 0.242 e. The lowest BCUT2D eigenvalue weighted by Crippen LogP contribution is -2.45. The quantitative estimate of drug-likeness (QED) is 0.629. The Morgan fingerprint density at radius 3 is 2.54 bits per heavy atom. The molecule has 0 saturated heterocycles. The third-order valence-corrected chi connectivity index (χ3v) is 4.34. The summed E-state index contributed by atoms with van der Waals surface area (Å²) in [5, 5.41) is -0.652. The van der Waals surface area contributed by atoms with Crippen molar-refractivity contribution in [1.29, 1.82) is 0 Å². The molecule has 142 valence electrons. The normalized spacial score (nSPS) is 12.0. The summed E-state index contributed by atoms with van der Waals surface area (Å²) in [5.41, 5.74) is 1.00. The van der Waals surface area contributed by atoms with E-state index in [0.29, 0.717) is 25.4 Å². The summed E-state index contributed by atoms with van der Waals surface area (Å²) < 4.78 is 7.37. The maximum absolute atomic E-state index is 13.0. The number of rotatable bonds is 9. The van der Waals surface area contributed by atoms with Gasteiger partial charge in [-0.3, -0.25) is 9.59 Å². The first kappa shape index (κ1) is 20.1. The maximum Gasteiger partial charge on any atom is 0.242 e. The summed E-state index contributed by atoms with van der Waals surface area (Å²) in [6.07, 6.45) is 4.29. The Hall–Kier alpha value is -2.21. The number of aryl methyl sites for hydroxylation is 1. The van der Waals surface area contributed by atoms with Crippen LogP contribution in [0.1, 0.15) is 31.7 Å². The molecule has 0 aliphatic carbocycles. The van der Waals surface area contributed by atoms with Crippen LogP contribution >= 0.6 is 11.6 Å². The number of halogens is 1. The van der Waals surface area contributed by atoms with Crippen LogP contribution < -0.4 is 0 Å². The van der Waals surface area contributed by atoms with Crippen LogP contribution in [0.4, 0.5) is 0 Å². The Balaban J connectivity index is 2.15. The van der Waals surface area contributed by atoms with Crippen molar-refractivity contribution in [3.8, 4) is 0 Å². The van der Waals surface area contributed by atoms with Gasteiger partial charge >= 0.3 is 0 Å². The van der Waals surface area contributed by atoms with Gasteiger partial charge in [-0.2, -0.15) is 0 Å². The highest BCUT2D eigenvalue weighted by molar-refractivity contribution is 6.30. The summed E-state index contributed by atoms with van der Waals surface area (Å²) >= 11 is 5.94. The molecule has 1 unspecified atom stereocenters. The van der Waals surface area contributed by atoms with Gasteiger partial charge in [-0.1, -0.05) is 6.92 Å². The summed E-state index contributed by atoms with van der Waals surface area (Å²) in [4.78, 5) is 28.5. The van der Waals surface area contributed by atoms with E-state index in [1.54, 1.807) is 24.2 Å². The zero-order valence-electron chi connectivity index (χ0n) is 15.5. The predicted octanol–water partition coefficient (Wildman–Crippen LogP) is 3.01. The van der Waals surface area contributed by atoms with Crippen molar-refractivity contribution >= 4 is 23.4 Å². The van der Waals surface area contributed by atoms with E-state index in [4.69, 9.17) is 16.0 Å². The highest BCUT2D eigenvalue weighted by Gasteiger charge is 2.24. The highest BCUT2D eigenvalue weighted by Crippen LogP contribution is 2.13. The van der Waals surface area contributed by atoms with Crippen molar-refractivity contribution in [2.45, 2.75) is 38.7 Å². The molecular formula is C19H26ClN3O3. The van der Waals surface area contributed by atoms with E-state index >= 15 is 0 Å². The van der Waals surface area contributed by atoms with E-state index < -0.39 is 5.38 Å². The first-order valence-corrected chi connectivity index (χ1v) is 9.19. The molecule has 0 fully saturated rings. The van der Waals surface area contributed by atoms with Gasteiger partial charge in [-0.25, -0.2) is 0 Å². The van der Waals surface area contributed by atoms with Crippen LogP contribution in [-0.2, 0) is 29.7 Å². The fourth-order valence-electron chi connectivity index (χ4n) is 2.73. The number of nitrogens with zero attached hydrogens (tertiary/aromatic N) is 3. The van der Waals surface area contributed by atoms with E-state index in [-0.39, 0.29) is 18.4 Å². The number of furan rings is 1. The minimum atomic E-state index is -0.652. The van der Waals surface area contributed by atoms with Gasteiger partial charge in [0.1, 0.15) is 11.1 Å². The Kier molecular flexibility index (Phi) is 7.33. The fourth-order valence-corrected chi connectivity index (χ4v) is 2.87. The van der Waals surface area contributed by atoms with Crippen LogP contribution in [0, 0.1) is 0 Å². The second-order valence-electron chi connectivity index (χ2n) is 6.32. The van der Waals surface area contributed by atoms with Crippen LogP contribution in [0.15, 0.2) is 41.1 Å². The number of alkyl halides is 1. The molecule has 1 atom stereocenters. The number of amides is 2. The minimum absolute atomic E-state index is 0.00879. The molecule has 0 aliphatic rings. The molecule has 0 aliphatic heterocycles. The molecule has 2 aromatic heterocycles. The number of aromatic nitrogens is 1. The zero-order chi connectivity index (χ0) is 19.1. The first-order chi connectivity index (χ1) is 12.4. The van der Waals surface area contributed by atoms with Gasteiger partial charge in [-0.05, 0) is 37.6 Å². The lowest BCUT2D eigenvalue weighted by Gasteiger charge is -2.28. The molecule has 26 heavy (non-hydrogen) atoms. The van der Waals surface area contributed by atoms with Gasteiger partial charge in [0.05, 0.1) is 25.9 Å². The Labute approximate surface area is 159 Å². The van der Waals surface area contributed by atoms with Crippen LogP contribution in [0.5, 0.6) is 0 Å². The van der Waals surface area contributed by atoms with E-state index in [0.717, 1.165) is 12.1 Å². The molecular weight excluding hydrogens is 354 g/mol. The number of carbonyl (C=O) groups is 2. The molecule has 2 aromatic rings. The van der Waals surface area contributed by atoms with Gasteiger partial charge in [0.25, 0.3) is 0 Å². The fraction of sp³-hybridized carbons (Fsp3) is 0.474. The Bertz CT molecular complexity index is 709. The molecule has 6 nitrogen and oxygen atoms in total. The van der Waals surface area contributed by atoms with Crippen molar-refractivity contribution in [1.82, 2.24) is 14.4 Å². The van der Waals surface area contributed by atoms with E-state index in [1.165, 1.54) is 4.90 Å². The van der Waals surface area contributed by atoms with E-state index in [2.05, 4.69) is 0 Å². The number of carbonyl (C=O) groups excluding carboxylic acids is 2. The van der Waals surface area contributed by atoms with Crippen LogP contribution in [0.3, 0.4) is 0 Å². The third-order valence-electron chi connectivity index (χ3n) is 4.16. The summed E-state index contributed by atoms with van der Waals surface area (Å²) in [6.45, 7) is 4.89. The average Bonchev–Trinajstić information content (AvgIpc) is 3.25. The molecule has 0 saturated carbocycles. The molecule has 0 spiro atoms. The lowest BCUT2D eigenvalue weighted by atomic mass is 10.3. The van der Waals surface area contributed by atoms with Gasteiger partial charge in [-0.15, -0.1) is 11.6 Å². The van der Waals surface area contributed by atoms with Crippen molar-refractivity contribution < 1.29 is 14.0 Å². The second-order valence-corrected chi connectivity index (χ2v) is 6.97. The molecule has 0 radical (unpaired) electrons. The van der Waals surface area contributed by atoms with Crippen molar-refractivity contribution in [2.24, 2.45) is 7.05 Å². The monoisotopic (exact) mass is 379 g/mol. The molecule has 2 heterocycles. The van der Waals surface area contributed by atoms with E-state index in [1.807, 2.05) is 42.9 Å². The average molecular weight is 380 g/mol. The van der Waals surface area contributed by atoms with Gasteiger partial charge in [0.2, 0.25) is 11.8 Å².